The molecule has 3 N–H and O–H groups in total. The van der Waals surface area contributed by atoms with Crippen molar-refractivity contribution in [2.75, 3.05) is 6.54 Å². The lowest BCUT2D eigenvalue weighted by Gasteiger charge is -2.15. The normalized spacial score (nSPS) is 13.3. The Morgan fingerprint density at radius 2 is 1.85 bits per heavy atom. The highest BCUT2D eigenvalue weighted by Gasteiger charge is 2.13. The molecule has 5 heteroatoms. The molecule has 5 nitrogen and oxygen atoms in total. The number of carbonyl (C=O) groups excluding carboxylic acids is 1. The van der Waals surface area contributed by atoms with E-state index < -0.39 is 11.9 Å². The smallest absolute Gasteiger partial charge is 0.315 e. The van der Waals surface area contributed by atoms with Crippen LogP contribution in [-0.4, -0.2) is 29.7 Å². The van der Waals surface area contributed by atoms with Crippen LogP contribution < -0.4 is 10.6 Å². The Hall–Kier alpha value is -2.04. The van der Waals surface area contributed by atoms with Crippen LogP contribution in [-0.2, 0) is 11.2 Å². The van der Waals surface area contributed by atoms with Gasteiger partial charge in [0, 0.05) is 12.6 Å². The molecule has 2 amide bonds. The second-order valence-electron chi connectivity index (χ2n) is 5.02. The minimum Gasteiger partial charge on any atom is -0.481 e. The molecule has 0 aliphatic rings. The number of carboxylic acid groups (broad SMARTS) is 1. The number of hydrogen-bond acceptors (Lipinski definition) is 2. The van der Waals surface area contributed by atoms with Gasteiger partial charge in [-0.3, -0.25) is 4.79 Å². The lowest BCUT2D eigenvalue weighted by molar-refractivity contribution is -0.140. The molecule has 2 unspecified atom stereocenters. The Balaban J connectivity index is 2.23. The number of urea groups is 1. The molecule has 0 aliphatic carbocycles. The minimum absolute atomic E-state index is 0.0374. The number of carbonyl (C=O) groups is 2. The molecule has 20 heavy (non-hydrogen) atoms. The van der Waals surface area contributed by atoms with E-state index >= 15 is 0 Å². The van der Waals surface area contributed by atoms with Crippen LogP contribution in [0.5, 0.6) is 0 Å². The number of rotatable bonds is 7. The molecule has 0 aromatic heterocycles. The van der Waals surface area contributed by atoms with Crippen LogP contribution in [0, 0.1) is 5.92 Å². The van der Waals surface area contributed by atoms with Gasteiger partial charge in [-0.05, 0) is 25.3 Å². The fraction of sp³-hybridized carbons (Fsp3) is 0.467. The molecule has 2 atom stereocenters. The fourth-order valence-electron chi connectivity index (χ4n) is 1.71. The lowest BCUT2D eigenvalue weighted by atomic mass is 10.1. The Morgan fingerprint density at radius 1 is 1.20 bits per heavy atom. The molecule has 0 saturated heterocycles. The average Bonchev–Trinajstić information content (AvgIpc) is 2.43. The zero-order chi connectivity index (χ0) is 15.0. The van der Waals surface area contributed by atoms with Gasteiger partial charge in [0.25, 0.3) is 0 Å². The summed E-state index contributed by atoms with van der Waals surface area (Å²) in [6, 6.07) is 9.79. The fourth-order valence-corrected chi connectivity index (χ4v) is 1.71. The van der Waals surface area contributed by atoms with Crippen molar-refractivity contribution >= 4 is 12.0 Å². The van der Waals surface area contributed by atoms with E-state index in [0.29, 0.717) is 0 Å². The maximum absolute atomic E-state index is 11.6. The standard InChI is InChI=1S/C15H22N2O3/c1-11(14(18)19)10-16-15(20)17-12(2)8-9-13-6-4-3-5-7-13/h3-7,11-12H,8-10H2,1-2H3,(H,18,19)(H2,16,17,20). The van der Waals surface area contributed by atoms with Crippen molar-refractivity contribution in [1.29, 1.82) is 0 Å². The molecular formula is C15H22N2O3. The summed E-state index contributed by atoms with van der Waals surface area (Å²) in [6.45, 7) is 3.62. The summed E-state index contributed by atoms with van der Waals surface area (Å²) in [6.07, 6.45) is 1.74. The molecule has 110 valence electrons. The maximum Gasteiger partial charge on any atom is 0.315 e. The van der Waals surface area contributed by atoms with E-state index in [2.05, 4.69) is 22.8 Å². The highest BCUT2D eigenvalue weighted by atomic mass is 16.4. The number of amides is 2. The van der Waals surface area contributed by atoms with E-state index in [1.54, 1.807) is 6.92 Å². The van der Waals surface area contributed by atoms with Crippen molar-refractivity contribution in [2.24, 2.45) is 5.92 Å². The van der Waals surface area contributed by atoms with E-state index in [0.717, 1.165) is 12.8 Å². The lowest BCUT2D eigenvalue weighted by Crippen LogP contribution is -2.43. The molecule has 1 rings (SSSR count). The van der Waals surface area contributed by atoms with Gasteiger partial charge in [0.15, 0.2) is 0 Å². The molecule has 0 spiro atoms. The Labute approximate surface area is 119 Å². The quantitative estimate of drug-likeness (QED) is 0.714. The zero-order valence-corrected chi connectivity index (χ0v) is 11.9. The highest BCUT2D eigenvalue weighted by molar-refractivity contribution is 5.75. The number of aliphatic carboxylic acids is 1. The summed E-state index contributed by atoms with van der Waals surface area (Å²) >= 11 is 0. The van der Waals surface area contributed by atoms with Gasteiger partial charge >= 0.3 is 12.0 Å². The van der Waals surface area contributed by atoms with E-state index in [9.17, 15) is 9.59 Å². The predicted octanol–water partition coefficient (Wildman–Crippen LogP) is 2.03. The largest absolute Gasteiger partial charge is 0.481 e. The summed E-state index contributed by atoms with van der Waals surface area (Å²) in [5, 5.41) is 14.1. The van der Waals surface area contributed by atoms with Gasteiger partial charge < -0.3 is 15.7 Å². The van der Waals surface area contributed by atoms with Crippen molar-refractivity contribution in [1.82, 2.24) is 10.6 Å². The van der Waals surface area contributed by atoms with Crippen molar-refractivity contribution in [3.05, 3.63) is 35.9 Å². The van der Waals surface area contributed by atoms with E-state index in [-0.39, 0.29) is 18.6 Å². The van der Waals surface area contributed by atoms with Crippen molar-refractivity contribution in [3.63, 3.8) is 0 Å². The second-order valence-corrected chi connectivity index (χ2v) is 5.02. The summed E-state index contributed by atoms with van der Waals surface area (Å²) in [5.41, 5.74) is 1.24. The predicted molar refractivity (Wildman–Crippen MR) is 77.6 cm³/mol. The minimum atomic E-state index is -0.914. The molecule has 0 saturated carbocycles. The average molecular weight is 278 g/mol. The van der Waals surface area contributed by atoms with E-state index in [1.807, 2.05) is 25.1 Å². The van der Waals surface area contributed by atoms with Gasteiger partial charge in [0.2, 0.25) is 0 Å². The highest BCUT2D eigenvalue weighted by Crippen LogP contribution is 2.04. The SMILES string of the molecule is CC(CCc1ccccc1)NC(=O)NCC(C)C(=O)O. The zero-order valence-electron chi connectivity index (χ0n) is 11.9. The summed E-state index contributed by atoms with van der Waals surface area (Å²) in [7, 11) is 0. The van der Waals surface area contributed by atoms with Crippen LogP contribution in [0.25, 0.3) is 0 Å². The van der Waals surface area contributed by atoms with Crippen LogP contribution >= 0.6 is 0 Å². The van der Waals surface area contributed by atoms with E-state index in [1.165, 1.54) is 5.56 Å². The molecule has 0 heterocycles. The topological polar surface area (TPSA) is 78.4 Å². The number of carboxylic acids is 1. The first-order valence-corrected chi connectivity index (χ1v) is 6.80. The Morgan fingerprint density at radius 3 is 2.45 bits per heavy atom. The summed E-state index contributed by atoms with van der Waals surface area (Å²) in [4.78, 5) is 22.2. The molecule has 1 aromatic carbocycles. The number of benzene rings is 1. The third kappa shape index (κ3) is 6.22. The number of nitrogens with one attached hydrogen (secondary N) is 2. The molecule has 0 aliphatic heterocycles. The summed E-state index contributed by atoms with van der Waals surface area (Å²) in [5.74, 6) is -1.50. The van der Waals surface area contributed by atoms with Crippen LogP contribution in [0.1, 0.15) is 25.8 Å². The van der Waals surface area contributed by atoms with Crippen LogP contribution in [0.2, 0.25) is 0 Å². The van der Waals surface area contributed by atoms with Gasteiger partial charge in [0.05, 0.1) is 5.92 Å². The third-order valence-corrected chi connectivity index (χ3v) is 3.08. The van der Waals surface area contributed by atoms with Crippen LogP contribution in [0.4, 0.5) is 4.79 Å². The number of aryl methyl sites for hydroxylation is 1. The Kier molecular flexibility index (Phi) is 6.56. The summed E-state index contributed by atoms with van der Waals surface area (Å²) < 4.78 is 0. The van der Waals surface area contributed by atoms with Crippen molar-refractivity contribution in [3.8, 4) is 0 Å². The van der Waals surface area contributed by atoms with Gasteiger partial charge in [-0.2, -0.15) is 0 Å². The maximum atomic E-state index is 11.6. The molecule has 0 radical (unpaired) electrons. The Bertz CT molecular complexity index is 434. The number of hydrogen-bond donors (Lipinski definition) is 3. The van der Waals surface area contributed by atoms with E-state index in [4.69, 9.17) is 5.11 Å². The monoisotopic (exact) mass is 278 g/mol. The van der Waals surface area contributed by atoms with Crippen molar-refractivity contribution in [2.45, 2.75) is 32.7 Å². The first-order chi connectivity index (χ1) is 9.49. The molecular weight excluding hydrogens is 256 g/mol. The molecule has 1 aromatic rings. The van der Waals surface area contributed by atoms with Gasteiger partial charge in [-0.15, -0.1) is 0 Å². The van der Waals surface area contributed by atoms with Gasteiger partial charge in [0.1, 0.15) is 0 Å². The van der Waals surface area contributed by atoms with Crippen molar-refractivity contribution < 1.29 is 14.7 Å². The first kappa shape index (κ1) is 16.0. The van der Waals surface area contributed by atoms with Crippen LogP contribution in [0.15, 0.2) is 30.3 Å². The molecule has 0 fully saturated rings. The third-order valence-electron chi connectivity index (χ3n) is 3.08. The molecule has 0 bridgehead atoms. The second kappa shape index (κ2) is 8.19. The van der Waals surface area contributed by atoms with Crippen LogP contribution in [0.3, 0.4) is 0 Å². The van der Waals surface area contributed by atoms with Gasteiger partial charge in [-0.1, -0.05) is 37.3 Å². The van der Waals surface area contributed by atoms with Gasteiger partial charge in [-0.25, -0.2) is 4.79 Å². The first-order valence-electron chi connectivity index (χ1n) is 6.80.